The standard InChI is InChI=1S/C15H14N2O/c1-9(18)17-15-7-11-6-10-4-2-3-5-12(10)13(11)8-14(15)16/h2-5,7-8H,6,16H2,1H3,(H,17,18). The van der Waals surface area contributed by atoms with Crippen LogP contribution in [0.1, 0.15) is 18.1 Å². The zero-order chi connectivity index (χ0) is 12.7. The first kappa shape index (κ1) is 10.8. The van der Waals surface area contributed by atoms with E-state index < -0.39 is 0 Å². The molecule has 1 amide bonds. The third-order valence-electron chi connectivity index (χ3n) is 3.27. The van der Waals surface area contributed by atoms with E-state index in [9.17, 15) is 4.79 Å². The van der Waals surface area contributed by atoms with Crippen LogP contribution in [0.25, 0.3) is 11.1 Å². The number of rotatable bonds is 1. The van der Waals surface area contributed by atoms with Crippen LogP contribution >= 0.6 is 0 Å². The second kappa shape index (κ2) is 3.88. The molecule has 0 saturated carbocycles. The van der Waals surface area contributed by atoms with Gasteiger partial charge < -0.3 is 11.1 Å². The smallest absolute Gasteiger partial charge is 0.221 e. The van der Waals surface area contributed by atoms with Gasteiger partial charge in [-0.05, 0) is 40.8 Å². The Morgan fingerprint density at radius 1 is 1.17 bits per heavy atom. The monoisotopic (exact) mass is 238 g/mol. The first-order valence-corrected chi connectivity index (χ1v) is 5.93. The molecule has 2 aromatic carbocycles. The van der Waals surface area contributed by atoms with Crippen LogP contribution in [-0.2, 0) is 11.2 Å². The maximum Gasteiger partial charge on any atom is 0.221 e. The molecule has 3 nitrogen and oxygen atoms in total. The topological polar surface area (TPSA) is 55.1 Å². The number of amides is 1. The summed E-state index contributed by atoms with van der Waals surface area (Å²) in [5.74, 6) is -0.0999. The largest absolute Gasteiger partial charge is 0.397 e. The van der Waals surface area contributed by atoms with E-state index in [1.807, 2.05) is 24.3 Å². The molecule has 0 saturated heterocycles. The lowest BCUT2D eigenvalue weighted by atomic mass is 10.0. The number of anilines is 2. The number of carbonyl (C=O) groups is 1. The Morgan fingerprint density at radius 3 is 2.72 bits per heavy atom. The van der Waals surface area contributed by atoms with Crippen molar-refractivity contribution in [3.05, 3.63) is 47.5 Å². The minimum absolute atomic E-state index is 0.0999. The molecular formula is C15H14N2O. The Bertz CT molecular complexity index is 647. The second-order valence-electron chi connectivity index (χ2n) is 4.61. The number of fused-ring (bicyclic) bond motifs is 3. The average molecular weight is 238 g/mol. The van der Waals surface area contributed by atoms with Crippen LogP contribution in [-0.4, -0.2) is 5.91 Å². The van der Waals surface area contributed by atoms with Crippen LogP contribution in [0.3, 0.4) is 0 Å². The summed E-state index contributed by atoms with van der Waals surface area (Å²) in [5.41, 5.74) is 12.2. The number of hydrogen-bond donors (Lipinski definition) is 2. The van der Waals surface area contributed by atoms with Gasteiger partial charge in [-0.1, -0.05) is 24.3 Å². The summed E-state index contributed by atoms with van der Waals surface area (Å²) in [5, 5.41) is 2.77. The number of nitrogen functional groups attached to an aromatic ring is 1. The summed E-state index contributed by atoms with van der Waals surface area (Å²) < 4.78 is 0. The molecule has 3 rings (SSSR count). The van der Waals surface area contributed by atoms with Crippen molar-refractivity contribution in [3.8, 4) is 11.1 Å². The first-order valence-electron chi connectivity index (χ1n) is 5.93. The van der Waals surface area contributed by atoms with Gasteiger partial charge in [-0.3, -0.25) is 4.79 Å². The van der Waals surface area contributed by atoms with Crippen LogP contribution in [0, 0.1) is 0 Å². The number of hydrogen-bond acceptors (Lipinski definition) is 2. The molecule has 0 radical (unpaired) electrons. The molecule has 0 unspecified atom stereocenters. The molecule has 0 fully saturated rings. The SMILES string of the molecule is CC(=O)Nc1cc2c(cc1N)-c1ccccc1C2. The molecule has 0 atom stereocenters. The van der Waals surface area contributed by atoms with Gasteiger partial charge in [-0.15, -0.1) is 0 Å². The fraction of sp³-hybridized carbons (Fsp3) is 0.133. The summed E-state index contributed by atoms with van der Waals surface area (Å²) in [6.07, 6.45) is 0.901. The van der Waals surface area contributed by atoms with Gasteiger partial charge in [-0.2, -0.15) is 0 Å². The van der Waals surface area contributed by atoms with E-state index >= 15 is 0 Å². The second-order valence-corrected chi connectivity index (χ2v) is 4.61. The predicted octanol–water partition coefficient (Wildman–Crippen LogP) is 2.80. The Kier molecular flexibility index (Phi) is 2.33. The predicted molar refractivity (Wildman–Crippen MR) is 73.4 cm³/mol. The average Bonchev–Trinajstić information content (AvgIpc) is 2.67. The van der Waals surface area contributed by atoms with Crippen molar-refractivity contribution in [1.82, 2.24) is 0 Å². The van der Waals surface area contributed by atoms with Gasteiger partial charge in [-0.25, -0.2) is 0 Å². The van der Waals surface area contributed by atoms with Crippen molar-refractivity contribution in [2.45, 2.75) is 13.3 Å². The van der Waals surface area contributed by atoms with Crippen LogP contribution in [0.15, 0.2) is 36.4 Å². The van der Waals surface area contributed by atoms with Crippen LogP contribution in [0.4, 0.5) is 11.4 Å². The van der Waals surface area contributed by atoms with Gasteiger partial charge >= 0.3 is 0 Å². The van der Waals surface area contributed by atoms with Gasteiger partial charge in [0.15, 0.2) is 0 Å². The zero-order valence-electron chi connectivity index (χ0n) is 10.2. The highest BCUT2D eigenvalue weighted by atomic mass is 16.1. The quantitative estimate of drug-likeness (QED) is 0.640. The molecule has 18 heavy (non-hydrogen) atoms. The van der Waals surface area contributed by atoms with Crippen molar-refractivity contribution >= 4 is 17.3 Å². The summed E-state index contributed by atoms with van der Waals surface area (Å²) in [6.45, 7) is 1.49. The highest BCUT2D eigenvalue weighted by molar-refractivity contribution is 5.94. The van der Waals surface area contributed by atoms with Crippen LogP contribution < -0.4 is 11.1 Å². The molecule has 0 aromatic heterocycles. The minimum Gasteiger partial charge on any atom is -0.397 e. The molecule has 2 aromatic rings. The number of nitrogens with one attached hydrogen (secondary N) is 1. The Balaban J connectivity index is 2.11. The Labute approximate surface area is 106 Å². The summed E-state index contributed by atoms with van der Waals surface area (Å²) in [7, 11) is 0. The van der Waals surface area contributed by atoms with Crippen molar-refractivity contribution in [1.29, 1.82) is 0 Å². The summed E-state index contributed by atoms with van der Waals surface area (Å²) >= 11 is 0. The van der Waals surface area contributed by atoms with Gasteiger partial charge in [0.05, 0.1) is 11.4 Å². The lowest BCUT2D eigenvalue weighted by Gasteiger charge is -2.09. The Morgan fingerprint density at radius 2 is 1.94 bits per heavy atom. The van der Waals surface area contributed by atoms with Gasteiger partial charge in [0, 0.05) is 6.92 Å². The maximum atomic E-state index is 11.1. The lowest BCUT2D eigenvalue weighted by molar-refractivity contribution is -0.114. The van der Waals surface area contributed by atoms with Gasteiger partial charge in [0.2, 0.25) is 5.91 Å². The van der Waals surface area contributed by atoms with Gasteiger partial charge in [0.1, 0.15) is 0 Å². The van der Waals surface area contributed by atoms with Crippen LogP contribution in [0.2, 0.25) is 0 Å². The zero-order valence-corrected chi connectivity index (χ0v) is 10.2. The number of benzene rings is 2. The fourth-order valence-corrected chi connectivity index (χ4v) is 2.50. The summed E-state index contributed by atoms with van der Waals surface area (Å²) in [4.78, 5) is 11.1. The molecule has 0 heterocycles. The van der Waals surface area contributed by atoms with E-state index in [0.29, 0.717) is 11.4 Å². The molecule has 0 spiro atoms. The highest BCUT2D eigenvalue weighted by Gasteiger charge is 2.19. The van der Waals surface area contributed by atoms with E-state index in [1.54, 1.807) is 0 Å². The summed E-state index contributed by atoms with van der Waals surface area (Å²) in [6, 6.07) is 12.2. The maximum absolute atomic E-state index is 11.1. The molecule has 1 aliphatic rings. The van der Waals surface area contributed by atoms with Crippen molar-refractivity contribution in [3.63, 3.8) is 0 Å². The van der Waals surface area contributed by atoms with E-state index in [4.69, 9.17) is 5.73 Å². The molecule has 0 aliphatic heterocycles. The molecular weight excluding hydrogens is 224 g/mol. The van der Waals surface area contributed by atoms with Crippen molar-refractivity contribution < 1.29 is 4.79 Å². The fourth-order valence-electron chi connectivity index (χ4n) is 2.50. The highest BCUT2D eigenvalue weighted by Crippen LogP contribution is 2.39. The van der Waals surface area contributed by atoms with Crippen molar-refractivity contribution in [2.24, 2.45) is 0 Å². The van der Waals surface area contributed by atoms with E-state index in [-0.39, 0.29) is 5.91 Å². The third-order valence-corrected chi connectivity index (χ3v) is 3.27. The van der Waals surface area contributed by atoms with E-state index in [0.717, 1.165) is 6.42 Å². The molecule has 3 N–H and O–H groups in total. The third kappa shape index (κ3) is 1.64. The molecule has 3 heteroatoms. The van der Waals surface area contributed by atoms with E-state index in [1.165, 1.54) is 29.2 Å². The normalized spacial score (nSPS) is 11.8. The number of nitrogens with two attached hydrogens (primary N) is 1. The molecule has 90 valence electrons. The molecule has 0 bridgehead atoms. The first-order chi connectivity index (χ1) is 8.65. The van der Waals surface area contributed by atoms with Gasteiger partial charge in [0.25, 0.3) is 0 Å². The van der Waals surface area contributed by atoms with Crippen LogP contribution in [0.5, 0.6) is 0 Å². The minimum atomic E-state index is -0.0999. The Hall–Kier alpha value is -2.29. The lowest BCUT2D eigenvalue weighted by Crippen LogP contribution is -2.08. The van der Waals surface area contributed by atoms with E-state index in [2.05, 4.69) is 17.4 Å². The molecule has 1 aliphatic carbocycles. The number of carbonyl (C=O) groups excluding carboxylic acids is 1. The van der Waals surface area contributed by atoms with Crippen molar-refractivity contribution in [2.75, 3.05) is 11.1 Å².